The Morgan fingerprint density at radius 3 is 1.95 bits per heavy atom. The summed E-state index contributed by atoms with van der Waals surface area (Å²) in [7, 11) is -4.84. The number of nitrogens with two attached hydrogens (primary N) is 1. The number of phenolic OH excluding ortho intramolecular Hbond substituents is 1. The van der Waals surface area contributed by atoms with E-state index in [1.165, 1.54) is 30.3 Å². The van der Waals surface area contributed by atoms with Crippen molar-refractivity contribution < 1.29 is 27.7 Å². The molecule has 0 aliphatic carbocycles. The molecule has 0 spiro atoms. The summed E-state index contributed by atoms with van der Waals surface area (Å²) < 4.78 is 34.3. The van der Waals surface area contributed by atoms with E-state index in [1.54, 1.807) is 66.7 Å². The lowest BCUT2D eigenvalue weighted by Crippen LogP contribution is -2.11. The smallest absolute Gasteiger partial charge is 0.296 e. The van der Waals surface area contributed by atoms with Crippen molar-refractivity contribution >= 4 is 61.1 Å². The molecule has 5 aromatic rings. The molecule has 12 heteroatoms. The lowest BCUT2D eigenvalue weighted by atomic mass is 10.1. The van der Waals surface area contributed by atoms with Gasteiger partial charge in [-0.05, 0) is 90.3 Å². The van der Waals surface area contributed by atoms with Crippen molar-refractivity contribution in [3.8, 4) is 5.75 Å². The Hall–Kier alpha value is -5.59. The Morgan fingerprint density at radius 2 is 1.31 bits per heavy atom. The van der Waals surface area contributed by atoms with E-state index >= 15 is 0 Å². The number of nitrogens with zero attached hydrogens (tertiary/aromatic N) is 2. The summed E-state index contributed by atoms with van der Waals surface area (Å²) in [6.07, 6.45) is 0. The van der Waals surface area contributed by atoms with Crippen LogP contribution in [0.5, 0.6) is 5.75 Å². The molecule has 210 valence electrons. The van der Waals surface area contributed by atoms with Crippen molar-refractivity contribution in [2.45, 2.75) is 4.90 Å². The van der Waals surface area contributed by atoms with Gasteiger partial charge in [-0.1, -0.05) is 18.2 Å². The number of nitrogens with one attached hydrogen (secondary N) is 2. The van der Waals surface area contributed by atoms with Gasteiger partial charge in [0, 0.05) is 33.6 Å². The van der Waals surface area contributed by atoms with Crippen LogP contribution in [-0.4, -0.2) is 29.9 Å². The molecular formula is C30H23N5O6S. The van der Waals surface area contributed by atoms with Gasteiger partial charge in [0.15, 0.2) is 5.75 Å². The van der Waals surface area contributed by atoms with Gasteiger partial charge in [0.1, 0.15) is 10.6 Å². The van der Waals surface area contributed by atoms with Crippen LogP contribution in [0.15, 0.2) is 118 Å². The van der Waals surface area contributed by atoms with Gasteiger partial charge >= 0.3 is 0 Å². The molecule has 0 saturated carbocycles. The first-order chi connectivity index (χ1) is 20.1. The standard InChI is InChI=1S/C30H23N5O6S/c31-21-8-6-19(7-9-21)30(38)33-24-14-15-25-20(16-24)17-26(42(39,40)41)27(28(25)36)35-34-23-12-10-22(11-13-23)32-29(37)18-4-2-1-3-5-18/h1-17,36H,31H2,(H,32,37)(H,33,38)(H,39,40,41). The number of carbonyl (C=O) groups excluding carboxylic acids is 2. The zero-order chi connectivity index (χ0) is 29.9. The molecule has 5 aromatic carbocycles. The van der Waals surface area contributed by atoms with Crippen molar-refractivity contribution in [3.63, 3.8) is 0 Å². The van der Waals surface area contributed by atoms with E-state index in [4.69, 9.17) is 5.73 Å². The number of carbonyl (C=O) groups is 2. The van der Waals surface area contributed by atoms with Gasteiger partial charge in [-0.3, -0.25) is 14.1 Å². The lowest BCUT2D eigenvalue weighted by Gasteiger charge is -2.11. The number of phenols is 1. The SMILES string of the molecule is Nc1ccc(C(=O)Nc2ccc3c(O)c(N=Nc4ccc(NC(=O)c5ccccc5)cc4)c(S(=O)(=O)O)cc3c2)cc1. The van der Waals surface area contributed by atoms with Crippen LogP contribution >= 0.6 is 0 Å². The summed E-state index contributed by atoms with van der Waals surface area (Å²) in [5.41, 5.74) is 7.64. The fraction of sp³-hybridized carbons (Fsp3) is 0. The molecule has 0 radical (unpaired) electrons. The number of nitrogen functional groups attached to an aromatic ring is 1. The van der Waals surface area contributed by atoms with Crippen LogP contribution in [0.4, 0.5) is 28.4 Å². The van der Waals surface area contributed by atoms with Crippen LogP contribution in [0.25, 0.3) is 10.8 Å². The summed E-state index contributed by atoms with van der Waals surface area (Å²) in [4.78, 5) is 24.3. The molecule has 0 bridgehead atoms. The number of azo groups is 1. The third-order valence-electron chi connectivity index (χ3n) is 6.19. The van der Waals surface area contributed by atoms with Crippen LogP contribution in [0.1, 0.15) is 20.7 Å². The minimum atomic E-state index is -4.84. The molecular weight excluding hydrogens is 558 g/mol. The van der Waals surface area contributed by atoms with E-state index in [0.29, 0.717) is 28.2 Å². The molecule has 6 N–H and O–H groups in total. The Labute approximate surface area is 240 Å². The summed E-state index contributed by atoms with van der Waals surface area (Å²) in [5.74, 6) is -1.26. The van der Waals surface area contributed by atoms with Gasteiger partial charge in [-0.15, -0.1) is 5.11 Å². The Bertz CT molecular complexity index is 1940. The largest absolute Gasteiger partial charge is 0.505 e. The fourth-order valence-electron chi connectivity index (χ4n) is 4.07. The normalized spacial score (nSPS) is 11.5. The lowest BCUT2D eigenvalue weighted by molar-refractivity contribution is 0.101. The highest BCUT2D eigenvalue weighted by Crippen LogP contribution is 2.42. The van der Waals surface area contributed by atoms with E-state index in [1.807, 2.05) is 0 Å². The maximum atomic E-state index is 12.6. The molecule has 0 saturated heterocycles. The maximum absolute atomic E-state index is 12.6. The van der Waals surface area contributed by atoms with Crippen molar-refractivity contribution in [3.05, 3.63) is 114 Å². The predicted octanol–water partition coefficient (Wildman–Crippen LogP) is 6.29. The second-order valence-electron chi connectivity index (χ2n) is 9.13. The van der Waals surface area contributed by atoms with Gasteiger partial charge in [0.05, 0.1) is 5.69 Å². The Morgan fingerprint density at radius 1 is 0.714 bits per heavy atom. The van der Waals surface area contributed by atoms with Gasteiger partial charge in [-0.2, -0.15) is 13.5 Å². The quantitative estimate of drug-likeness (QED) is 0.0849. The van der Waals surface area contributed by atoms with Gasteiger partial charge < -0.3 is 21.5 Å². The number of hydrogen-bond acceptors (Lipinski definition) is 8. The van der Waals surface area contributed by atoms with E-state index < -0.39 is 32.4 Å². The van der Waals surface area contributed by atoms with Crippen molar-refractivity contribution in [2.24, 2.45) is 10.2 Å². The minimum Gasteiger partial charge on any atom is -0.505 e. The van der Waals surface area contributed by atoms with Gasteiger partial charge in [0.2, 0.25) is 0 Å². The van der Waals surface area contributed by atoms with E-state index in [-0.39, 0.29) is 22.4 Å². The molecule has 0 aromatic heterocycles. The number of amides is 2. The minimum absolute atomic E-state index is 0.209. The Kier molecular flexibility index (Phi) is 7.65. The zero-order valence-corrected chi connectivity index (χ0v) is 22.5. The fourth-order valence-corrected chi connectivity index (χ4v) is 4.73. The van der Waals surface area contributed by atoms with E-state index in [9.17, 15) is 27.7 Å². The predicted molar refractivity (Wildman–Crippen MR) is 159 cm³/mol. The first-order valence-electron chi connectivity index (χ1n) is 12.4. The molecule has 5 rings (SSSR count). The second-order valence-corrected chi connectivity index (χ2v) is 10.5. The molecule has 0 unspecified atom stereocenters. The third-order valence-corrected chi connectivity index (χ3v) is 7.05. The molecule has 42 heavy (non-hydrogen) atoms. The monoisotopic (exact) mass is 581 g/mol. The van der Waals surface area contributed by atoms with E-state index in [0.717, 1.165) is 6.07 Å². The summed E-state index contributed by atoms with van der Waals surface area (Å²) in [6.45, 7) is 0. The zero-order valence-electron chi connectivity index (χ0n) is 21.7. The first-order valence-corrected chi connectivity index (χ1v) is 13.8. The topological polar surface area (TPSA) is 184 Å². The first kappa shape index (κ1) is 28.0. The number of aromatic hydroxyl groups is 1. The molecule has 0 fully saturated rings. The molecule has 0 aliphatic heterocycles. The average molecular weight is 582 g/mol. The molecule has 0 heterocycles. The second kappa shape index (κ2) is 11.5. The van der Waals surface area contributed by atoms with E-state index in [2.05, 4.69) is 20.9 Å². The van der Waals surface area contributed by atoms with Gasteiger partial charge in [0.25, 0.3) is 21.9 Å². The molecule has 0 atom stereocenters. The summed E-state index contributed by atoms with van der Waals surface area (Å²) in [5, 5.41) is 24.7. The van der Waals surface area contributed by atoms with Gasteiger partial charge in [-0.25, -0.2) is 0 Å². The maximum Gasteiger partial charge on any atom is 0.296 e. The number of anilines is 3. The van der Waals surface area contributed by atoms with Crippen molar-refractivity contribution in [2.75, 3.05) is 16.4 Å². The third kappa shape index (κ3) is 6.25. The van der Waals surface area contributed by atoms with Crippen molar-refractivity contribution in [1.82, 2.24) is 0 Å². The molecule has 11 nitrogen and oxygen atoms in total. The van der Waals surface area contributed by atoms with Crippen LogP contribution in [0.3, 0.4) is 0 Å². The highest BCUT2D eigenvalue weighted by Gasteiger charge is 2.22. The van der Waals surface area contributed by atoms with Crippen LogP contribution in [-0.2, 0) is 10.1 Å². The molecule has 2 amide bonds. The molecule has 0 aliphatic rings. The number of rotatable bonds is 7. The van der Waals surface area contributed by atoms with Crippen LogP contribution in [0, 0.1) is 0 Å². The number of benzene rings is 5. The highest BCUT2D eigenvalue weighted by atomic mass is 32.2. The Balaban J connectivity index is 1.41. The summed E-state index contributed by atoms with van der Waals surface area (Å²) in [6, 6.07) is 26.7. The number of hydrogen-bond donors (Lipinski definition) is 5. The average Bonchev–Trinajstić information content (AvgIpc) is 2.97. The number of fused-ring (bicyclic) bond motifs is 1. The summed E-state index contributed by atoms with van der Waals surface area (Å²) >= 11 is 0. The van der Waals surface area contributed by atoms with Crippen LogP contribution in [0.2, 0.25) is 0 Å². The van der Waals surface area contributed by atoms with Crippen LogP contribution < -0.4 is 16.4 Å². The highest BCUT2D eigenvalue weighted by molar-refractivity contribution is 7.86. The van der Waals surface area contributed by atoms with Crippen molar-refractivity contribution in [1.29, 1.82) is 0 Å².